The van der Waals surface area contributed by atoms with Crippen LogP contribution in [-0.2, 0) is 30.4 Å². The quantitative estimate of drug-likeness (QED) is 0.0571. The molecule has 0 aliphatic rings. The number of hydrogen-bond acceptors (Lipinski definition) is 14. The summed E-state index contributed by atoms with van der Waals surface area (Å²) in [6.07, 6.45) is 0. The number of aromatic hydroxyl groups is 1. The van der Waals surface area contributed by atoms with Gasteiger partial charge in [0.2, 0.25) is 0 Å². The Hall–Kier alpha value is -4.93. The second-order valence-corrected chi connectivity index (χ2v) is 12.6. The molecule has 224 valence electrons. The molecule has 6 N–H and O–H groups in total. The van der Waals surface area contributed by atoms with Crippen LogP contribution in [0.5, 0.6) is 5.75 Å². The molecule has 0 aliphatic heterocycles. The van der Waals surface area contributed by atoms with Crippen LogP contribution in [0.2, 0.25) is 0 Å². The molecule has 0 amide bonds. The number of nitro benzene ring substituents is 1. The van der Waals surface area contributed by atoms with E-state index in [9.17, 15) is 54.1 Å². The van der Waals surface area contributed by atoms with Crippen LogP contribution in [0.3, 0.4) is 0 Å². The fourth-order valence-corrected chi connectivity index (χ4v) is 5.52. The molecular weight excluding hydrogens is 636 g/mol. The standard InChI is InChI=1S/C22H16N6O12S3/c23-19-18-11(8-16(42(35,36)37)20(19)26-24-12-4-6-14(7-5-12)28(30)31)9-17(43(38,39)40)21(22(18)29)27-25-13-2-1-3-15(10-13)41(32,33)34/h1-10,29H,23H2,(H,32,33,34)(H,35,36,37)(H,38,39,40). The molecule has 0 unspecified atom stereocenters. The summed E-state index contributed by atoms with van der Waals surface area (Å²) in [5.74, 6) is -1.06. The number of azo groups is 2. The lowest BCUT2D eigenvalue weighted by molar-refractivity contribution is -0.384. The highest BCUT2D eigenvalue weighted by Gasteiger charge is 2.28. The molecule has 0 aromatic heterocycles. The van der Waals surface area contributed by atoms with Gasteiger partial charge in [-0.15, -0.1) is 10.2 Å². The van der Waals surface area contributed by atoms with Gasteiger partial charge in [0.05, 0.1) is 32.3 Å². The SMILES string of the molecule is Nc1c(N=Nc2ccc([N+](=O)[O-])cc2)c(S(=O)(=O)O)cc2cc(S(=O)(=O)O)c(N=Nc3cccc(S(=O)(=O)O)c3)c(O)c12. The first-order valence-electron chi connectivity index (χ1n) is 11.1. The fourth-order valence-electron chi connectivity index (χ4n) is 3.67. The minimum Gasteiger partial charge on any atom is -0.505 e. The Balaban J connectivity index is 1.98. The van der Waals surface area contributed by atoms with E-state index >= 15 is 0 Å². The van der Waals surface area contributed by atoms with Gasteiger partial charge in [-0.3, -0.25) is 23.8 Å². The lowest BCUT2D eigenvalue weighted by atomic mass is 10.1. The average molecular weight is 653 g/mol. The molecule has 43 heavy (non-hydrogen) atoms. The number of phenols is 1. The summed E-state index contributed by atoms with van der Waals surface area (Å²) in [6, 6.07) is 10.1. The molecule has 0 saturated heterocycles. The number of fused-ring (bicyclic) bond motifs is 1. The zero-order valence-electron chi connectivity index (χ0n) is 20.9. The predicted octanol–water partition coefficient (Wildman–Crippen LogP) is 4.61. The van der Waals surface area contributed by atoms with Crippen LogP contribution in [0, 0.1) is 10.1 Å². The lowest BCUT2D eigenvalue weighted by Gasteiger charge is -2.14. The number of non-ortho nitro benzene ring substituents is 1. The Labute approximate surface area is 241 Å². The van der Waals surface area contributed by atoms with Gasteiger partial charge in [0, 0.05) is 12.1 Å². The third kappa shape index (κ3) is 6.61. The van der Waals surface area contributed by atoms with Crippen molar-refractivity contribution in [3.8, 4) is 5.75 Å². The van der Waals surface area contributed by atoms with E-state index in [-0.39, 0.29) is 17.1 Å². The Morgan fingerprint density at radius 1 is 0.698 bits per heavy atom. The maximum absolute atomic E-state index is 12.2. The number of nitro groups is 1. The second kappa shape index (κ2) is 11.0. The number of nitrogens with zero attached hydrogens (tertiary/aromatic N) is 5. The number of nitrogens with two attached hydrogens (primary N) is 1. The Bertz CT molecular complexity index is 2200. The van der Waals surface area contributed by atoms with Crippen LogP contribution in [0.4, 0.5) is 34.1 Å². The molecule has 0 fully saturated rings. The Morgan fingerprint density at radius 2 is 1.23 bits per heavy atom. The van der Waals surface area contributed by atoms with E-state index in [4.69, 9.17) is 5.73 Å². The van der Waals surface area contributed by atoms with Crippen LogP contribution >= 0.6 is 0 Å². The van der Waals surface area contributed by atoms with Gasteiger partial charge in [0.15, 0.2) is 5.75 Å². The maximum atomic E-state index is 12.2. The number of rotatable bonds is 8. The molecule has 0 saturated carbocycles. The molecule has 0 atom stereocenters. The molecule has 4 rings (SSSR count). The first-order valence-corrected chi connectivity index (χ1v) is 15.4. The van der Waals surface area contributed by atoms with Crippen molar-refractivity contribution in [3.05, 3.63) is 70.8 Å². The Morgan fingerprint density at radius 3 is 1.77 bits per heavy atom. The summed E-state index contributed by atoms with van der Waals surface area (Å²) < 4.78 is 100. The highest BCUT2D eigenvalue weighted by Crippen LogP contribution is 2.48. The van der Waals surface area contributed by atoms with Crippen LogP contribution < -0.4 is 5.73 Å². The molecule has 0 heterocycles. The zero-order chi connectivity index (χ0) is 31.9. The summed E-state index contributed by atoms with van der Waals surface area (Å²) in [5.41, 5.74) is 3.23. The maximum Gasteiger partial charge on any atom is 0.296 e. The molecule has 0 spiro atoms. The zero-order valence-corrected chi connectivity index (χ0v) is 23.3. The van der Waals surface area contributed by atoms with E-state index in [0.717, 1.165) is 36.4 Å². The summed E-state index contributed by atoms with van der Waals surface area (Å²) in [7, 11) is -15.0. The van der Waals surface area contributed by atoms with Crippen molar-refractivity contribution < 1.29 is 48.9 Å². The van der Waals surface area contributed by atoms with E-state index in [1.165, 1.54) is 12.1 Å². The number of hydrogen-bond donors (Lipinski definition) is 5. The molecule has 18 nitrogen and oxygen atoms in total. The topological polar surface area (TPSA) is 302 Å². The first-order chi connectivity index (χ1) is 19.9. The molecule has 4 aromatic rings. The molecule has 0 radical (unpaired) electrons. The number of nitrogen functional groups attached to an aromatic ring is 1. The molecule has 0 bridgehead atoms. The third-order valence-corrected chi connectivity index (χ3v) is 8.16. The van der Waals surface area contributed by atoms with Crippen LogP contribution in [0.1, 0.15) is 0 Å². The van der Waals surface area contributed by atoms with Crippen LogP contribution in [0.25, 0.3) is 10.8 Å². The van der Waals surface area contributed by atoms with Crippen LogP contribution in [0.15, 0.2) is 95.8 Å². The van der Waals surface area contributed by atoms with Gasteiger partial charge in [-0.25, -0.2) is 0 Å². The fraction of sp³-hybridized carbons (Fsp3) is 0. The van der Waals surface area contributed by atoms with Gasteiger partial charge >= 0.3 is 0 Å². The summed E-state index contributed by atoms with van der Waals surface area (Å²) >= 11 is 0. The predicted molar refractivity (Wildman–Crippen MR) is 147 cm³/mol. The molecule has 0 aliphatic carbocycles. The van der Waals surface area contributed by atoms with Gasteiger partial charge in [0.25, 0.3) is 36.0 Å². The molecule has 21 heteroatoms. The number of benzene rings is 4. The number of anilines is 1. The largest absolute Gasteiger partial charge is 0.505 e. The van der Waals surface area contributed by atoms with E-state index in [1.54, 1.807) is 0 Å². The summed E-state index contributed by atoms with van der Waals surface area (Å²) in [6.45, 7) is 0. The van der Waals surface area contributed by atoms with Crippen LogP contribution in [-0.4, -0.2) is 48.9 Å². The van der Waals surface area contributed by atoms with Crippen molar-refractivity contribution in [2.24, 2.45) is 20.5 Å². The minimum absolute atomic E-state index is 0.0149. The highest BCUT2D eigenvalue weighted by molar-refractivity contribution is 7.86. The lowest BCUT2D eigenvalue weighted by Crippen LogP contribution is -2.03. The second-order valence-electron chi connectivity index (χ2n) is 8.40. The third-order valence-electron chi connectivity index (χ3n) is 5.58. The normalized spacial score (nSPS) is 12.8. The van der Waals surface area contributed by atoms with E-state index in [0.29, 0.717) is 12.1 Å². The van der Waals surface area contributed by atoms with Crippen molar-refractivity contribution in [2.45, 2.75) is 14.7 Å². The van der Waals surface area contributed by atoms with Gasteiger partial charge < -0.3 is 10.8 Å². The smallest absolute Gasteiger partial charge is 0.296 e. The van der Waals surface area contributed by atoms with Gasteiger partial charge in [-0.1, -0.05) is 6.07 Å². The van der Waals surface area contributed by atoms with Crippen molar-refractivity contribution in [1.29, 1.82) is 0 Å². The Kier molecular flexibility index (Phi) is 7.97. The molecular formula is C22H16N6O12S3. The monoisotopic (exact) mass is 652 g/mol. The number of phenolic OH excluding ortho intramolecular Hbond substituents is 1. The summed E-state index contributed by atoms with van der Waals surface area (Å²) in [4.78, 5) is 7.51. The van der Waals surface area contributed by atoms with E-state index in [2.05, 4.69) is 20.5 Å². The van der Waals surface area contributed by atoms with Crippen molar-refractivity contribution in [2.75, 3.05) is 5.73 Å². The van der Waals surface area contributed by atoms with Crippen molar-refractivity contribution >= 4 is 75.3 Å². The van der Waals surface area contributed by atoms with E-state index < -0.39 is 83.5 Å². The van der Waals surface area contributed by atoms with Crippen molar-refractivity contribution in [1.82, 2.24) is 0 Å². The summed E-state index contributed by atoms with van der Waals surface area (Å²) in [5, 5.41) is 35.7. The average Bonchev–Trinajstić information content (AvgIpc) is 2.90. The van der Waals surface area contributed by atoms with Gasteiger partial charge in [0.1, 0.15) is 21.2 Å². The first kappa shape index (κ1) is 31.0. The van der Waals surface area contributed by atoms with E-state index in [1.807, 2.05) is 0 Å². The highest BCUT2D eigenvalue weighted by atomic mass is 32.2. The van der Waals surface area contributed by atoms with Crippen molar-refractivity contribution in [3.63, 3.8) is 0 Å². The van der Waals surface area contributed by atoms with Gasteiger partial charge in [-0.05, 0) is 47.9 Å². The minimum atomic E-state index is -5.20. The van der Waals surface area contributed by atoms with Gasteiger partial charge in [-0.2, -0.15) is 35.5 Å². The molecule has 4 aromatic carbocycles.